The Kier molecular flexibility index (Phi) is 9.08. The molecule has 5 heteroatoms. The van der Waals surface area contributed by atoms with E-state index in [1.54, 1.807) is 0 Å². The number of rotatable bonds is 8. The van der Waals surface area contributed by atoms with E-state index in [4.69, 9.17) is 4.99 Å². The van der Waals surface area contributed by atoms with E-state index in [9.17, 15) is 0 Å². The van der Waals surface area contributed by atoms with Crippen molar-refractivity contribution in [3.05, 3.63) is 0 Å². The highest BCUT2D eigenvalue weighted by Crippen LogP contribution is 2.14. The summed E-state index contributed by atoms with van der Waals surface area (Å²) in [5.74, 6) is 2.97. The van der Waals surface area contributed by atoms with Gasteiger partial charge in [-0.15, -0.1) is 0 Å². The van der Waals surface area contributed by atoms with Gasteiger partial charge in [0.15, 0.2) is 5.96 Å². The van der Waals surface area contributed by atoms with Crippen LogP contribution in [-0.2, 0) is 0 Å². The van der Waals surface area contributed by atoms with Crippen LogP contribution in [-0.4, -0.2) is 62.6 Å². The van der Waals surface area contributed by atoms with E-state index in [1.165, 1.54) is 38.1 Å². The van der Waals surface area contributed by atoms with E-state index in [0.29, 0.717) is 0 Å². The Morgan fingerprint density at radius 2 is 2.21 bits per heavy atom. The van der Waals surface area contributed by atoms with Gasteiger partial charge in [0.2, 0.25) is 0 Å². The standard InChI is InChI=1S/C14H30N4S/c1-4-15-14(16-8-5-6-10-19-3)17-11-13-7-9-18(2)12-13/h13H,4-12H2,1-3H3,(H2,15,16,17). The minimum absolute atomic E-state index is 0.733. The van der Waals surface area contributed by atoms with Crippen LogP contribution < -0.4 is 10.6 Å². The molecular weight excluding hydrogens is 256 g/mol. The van der Waals surface area contributed by atoms with Crippen LogP contribution >= 0.6 is 11.8 Å². The van der Waals surface area contributed by atoms with E-state index in [-0.39, 0.29) is 0 Å². The van der Waals surface area contributed by atoms with Gasteiger partial charge < -0.3 is 15.5 Å². The van der Waals surface area contributed by atoms with Gasteiger partial charge in [0.05, 0.1) is 0 Å². The van der Waals surface area contributed by atoms with Crippen LogP contribution in [0.5, 0.6) is 0 Å². The van der Waals surface area contributed by atoms with Gasteiger partial charge in [0.1, 0.15) is 0 Å². The summed E-state index contributed by atoms with van der Waals surface area (Å²) >= 11 is 1.92. The summed E-state index contributed by atoms with van der Waals surface area (Å²) in [6.07, 6.45) is 5.95. The number of thioether (sulfide) groups is 1. The molecule has 0 radical (unpaired) electrons. The maximum atomic E-state index is 4.71. The van der Waals surface area contributed by atoms with Gasteiger partial charge in [0, 0.05) is 26.2 Å². The molecule has 112 valence electrons. The molecule has 0 aromatic carbocycles. The van der Waals surface area contributed by atoms with Crippen LogP contribution in [0, 0.1) is 5.92 Å². The fourth-order valence-electron chi connectivity index (χ4n) is 2.32. The quantitative estimate of drug-likeness (QED) is 0.404. The molecule has 1 fully saturated rings. The predicted octanol–water partition coefficient (Wildman–Crippen LogP) is 1.64. The van der Waals surface area contributed by atoms with Crippen molar-refractivity contribution < 1.29 is 0 Å². The van der Waals surface area contributed by atoms with Crippen LogP contribution in [0.2, 0.25) is 0 Å². The number of unbranched alkanes of at least 4 members (excludes halogenated alkanes) is 1. The molecule has 1 unspecified atom stereocenters. The van der Waals surface area contributed by atoms with Gasteiger partial charge in [-0.25, -0.2) is 0 Å². The molecule has 0 aromatic heterocycles. The third kappa shape index (κ3) is 7.67. The Labute approximate surface area is 122 Å². The van der Waals surface area contributed by atoms with Crippen LogP contribution in [0.1, 0.15) is 26.2 Å². The summed E-state index contributed by atoms with van der Waals surface area (Å²) in [6.45, 7) is 7.44. The Hall–Kier alpha value is -0.420. The highest BCUT2D eigenvalue weighted by atomic mass is 32.2. The molecule has 4 nitrogen and oxygen atoms in total. The first-order valence-electron chi connectivity index (χ1n) is 7.46. The predicted molar refractivity (Wildman–Crippen MR) is 87.2 cm³/mol. The summed E-state index contributed by atoms with van der Waals surface area (Å²) in [6, 6.07) is 0. The van der Waals surface area contributed by atoms with E-state index in [1.807, 2.05) is 11.8 Å². The molecule has 19 heavy (non-hydrogen) atoms. The summed E-state index contributed by atoms with van der Waals surface area (Å²) in [5.41, 5.74) is 0. The first-order valence-corrected chi connectivity index (χ1v) is 8.85. The molecule has 2 N–H and O–H groups in total. The van der Waals surface area contributed by atoms with Gasteiger partial charge in [-0.2, -0.15) is 11.8 Å². The van der Waals surface area contributed by atoms with Crippen LogP contribution in [0.15, 0.2) is 4.99 Å². The fourth-order valence-corrected chi connectivity index (χ4v) is 2.81. The summed E-state index contributed by atoms with van der Waals surface area (Å²) in [7, 11) is 2.19. The molecule has 1 heterocycles. The number of hydrogen-bond acceptors (Lipinski definition) is 3. The highest BCUT2D eigenvalue weighted by molar-refractivity contribution is 7.98. The van der Waals surface area contributed by atoms with E-state index < -0.39 is 0 Å². The molecular formula is C14H30N4S. The Bertz CT molecular complexity index is 258. The largest absolute Gasteiger partial charge is 0.357 e. The second-order valence-electron chi connectivity index (χ2n) is 5.26. The number of likely N-dealkylation sites (tertiary alicyclic amines) is 1. The number of guanidine groups is 1. The second kappa shape index (κ2) is 10.4. The molecule has 1 aliphatic heterocycles. The summed E-state index contributed by atoms with van der Waals surface area (Å²) < 4.78 is 0. The third-order valence-electron chi connectivity index (χ3n) is 3.41. The Balaban J connectivity index is 2.22. The van der Waals surface area contributed by atoms with E-state index >= 15 is 0 Å². The van der Waals surface area contributed by atoms with Gasteiger partial charge in [-0.1, -0.05) is 0 Å². The molecule has 0 amide bonds. The first kappa shape index (κ1) is 16.6. The van der Waals surface area contributed by atoms with Gasteiger partial charge in [-0.05, 0) is 57.7 Å². The highest BCUT2D eigenvalue weighted by Gasteiger charge is 2.18. The van der Waals surface area contributed by atoms with Gasteiger partial charge in [-0.3, -0.25) is 4.99 Å². The topological polar surface area (TPSA) is 39.7 Å². The van der Waals surface area contributed by atoms with Crippen LogP contribution in [0.3, 0.4) is 0 Å². The summed E-state index contributed by atoms with van der Waals surface area (Å²) in [4.78, 5) is 7.10. The molecule has 0 spiro atoms. The average Bonchev–Trinajstić information content (AvgIpc) is 2.81. The van der Waals surface area contributed by atoms with Crippen molar-refractivity contribution in [2.75, 3.05) is 51.8 Å². The zero-order chi connectivity index (χ0) is 13.9. The maximum absolute atomic E-state index is 4.71. The SMILES string of the molecule is CCNC(=NCC1CCN(C)C1)NCCCCSC. The molecule has 1 atom stereocenters. The lowest BCUT2D eigenvalue weighted by Gasteiger charge is -2.13. The minimum Gasteiger partial charge on any atom is -0.357 e. The molecule has 1 saturated heterocycles. The van der Waals surface area contributed by atoms with Crippen molar-refractivity contribution in [3.63, 3.8) is 0 Å². The van der Waals surface area contributed by atoms with Gasteiger partial charge >= 0.3 is 0 Å². The molecule has 0 bridgehead atoms. The average molecular weight is 286 g/mol. The third-order valence-corrected chi connectivity index (χ3v) is 4.11. The smallest absolute Gasteiger partial charge is 0.191 e. The zero-order valence-corrected chi connectivity index (χ0v) is 13.6. The Morgan fingerprint density at radius 3 is 2.84 bits per heavy atom. The van der Waals surface area contributed by atoms with Crippen molar-refractivity contribution in [2.45, 2.75) is 26.2 Å². The van der Waals surface area contributed by atoms with Crippen molar-refractivity contribution >= 4 is 17.7 Å². The van der Waals surface area contributed by atoms with Gasteiger partial charge in [0.25, 0.3) is 0 Å². The minimum atomic E-state index is 0.733. The fraction of sp³-hybridized carbons (Fsp3) is 0.929. The van der Waals surface area contributed by atoms with Crippen LogP contribution in [0.25, 0.3) is 0 Å². The van der Waals surface area contributed by atoms with E-state index in [0.717, 1.165) is 31.5 Å². The first-order chi connectivity index (χ1) is 9.26. The Morgan fingerprint density at radius 1 is 1.37 bits per heavy atom. The molecule has 1 rings (SSSR count). The van der Waals surface area contributed by atoms with E-state index in [2.05, 4.69) is 35.8 Å². The van der Waals surface area contributed by atoms with Crippen molar-refractivity contribution in [1.29, 1.82) is 0 Å². The van der Waals surface area contributed by atoms with Crippen LogP contribution in [0.4, 0.5) is 0 Å². The lowest BCUT2D eigenvalue weighted by molar-refractivity contribution is 0.397. The zero-order valence-electron chi connectivity index (χ0n) is 12.7. The molecule has 1 aliphatic rings. The van der Waals surface area contributed by atoms with Crippen molar-refractivity contribution in [2.24, 2.45) is 10.9 Å². The second-order valence-corrected chi connectivity index (χ2v) is 6.25. The number of nitrogens with one attached hydrogen (secondary N) is 2. The molecule has 0 saturated carbocycles. The number of nitrogens with zero attached hydrogens (tertiary/aromatic N) is 2. The molecule has 0 aromatic rings. The number of hydrogen-bond donors (Lipinski definition) is 2. The normalized spacial score (nSPS) is 20.8. The summed E-state index contributed by atoms with van der Waals surface area (Å²) in [5, 5.41) is 6.76. The van der Waals surface area contributed by atoms with Crippen molar-refractivity contribution in [1.82, 2.24) is 15.5 Å². The lowest BCUT2D eigenvalue weighted by atomic mass is 10.1. The number of aliphatic imine (C=N–C) groups is 1. The maximum Gasteiger partial charge on any atom is 0.191 e. The van der Waals surface area contributed by atoms with Crippen molar-refractivity contribution in [3.8, 4) is 0 Å². The lowest BCUT2D eigenvalue weighted by Crippen LogP contribution is -2.38. The monoisotopic (exact) mass is 286 g/mol. The molecule has 0 aliphatic carbocycles.